The van der Waals surface area contributed by atoms with Gasteiger partial charge in [0, 0.05) is 25.6 Å². The van der Waals surface area contributed by atoms with Gasteiger partial charge in [-0.1, -0.05) is 18.2 Å². The zero-order chi connectivity index (χ0) is 15.4. The smallest absolute Gasteiger partial charge is 0.189 e. The van der Waals surface area contributed by atoms with Crippen LogP contribution in [0, 0.1) is 0 Å². The van der Waals surface area contributed by atoms with Gasteiger partial charge >= 0.3 is 0 Å². The number of hydrogen-bond donors (Lipinski definition) is 2. The number of hydrogen-bond acceptors (Lipinski definition) is 3. The van der Waals surface area contributed by atoms with E-state index in [1.165, 1.54) is 6.42 Å². The second-order valence-electron chi connectivity index (χ2n) is 6.13. The molecule has 0 amide bonds. The van der Waals surface area contributed by atoms with Crippen LogP contribution in [-0.2, 0) is 4.74 Å². The maximum Gasteiger partial charge on any atom is 0.189 e. The molecular formula is C17H25N3O2. The lowest BCUT2D eigenvalue weighted by Crippen LogP contribution is -2.40. The molecule has 0 saturated heterocycles. The molecule has 1 aliphatic heterocycles. The first-order valence-electron chi connectivity index (χ1n) is 8.06. The number of fused-ring (bicyclic) bond motifs is 1. The van der Waals surface area contributed by atoms with E-state index >= 15 is 0 Å². The number of methoxy groups -OCH3 is 1. The van der Waals surface area contributed by atoms with E-state index in [1.54, 1.807) is 7.11 Å². The van der Waals surface area contributed by atoms with Gasteiger partial charge in [-0.25, -0.2) is 0 Å². The van der Waals surface area contributed by atoms with E-state index in [-0.39, 0.29) is 11.6 Å². The molecule has 0 aromatic heterocycles. The molecule has 5 nitrogen and oxygen atoms in total. The second-order valence-corrected chi connectivity index (χ2v) is 6.13. The van der Waals surface area contributed by atoms with Gasteiger partial charge in [-0.3, -0.25) is 4.99 Å². The highest BCUT2D eigenvalue weighted by Crippen LogP contribution is 2.37. The number of ether oxygens (including phenoxy) is 2. The van der Waals surface area contributed by atoms with Crippen LogP contribution in [0.3, 0.4) is 0 Å². The molecule has 1 atom stereocenters. The molecule has 5 heteroatoms. The third-order valence-corrected chi connectivity index (χ3v) is 4.83. The maximum absolute atomic E-state index is 6.05. The number of benzene rings is 1. The number of rotatable bonds is 5. The third kappa shape index (κ3) is 3.19. The van der Waals surface area contributed by atoms with Gasteiger partial charge < -0.3 is 20.5 Å². The SMILES string of the molecule is COC1(CCN=C(N)NC2CCOc3ccccc32)CCC1. The molecule has 2 aliphatic rings. The molecule has 0 radical (unpaired) electrons. The summed E-state index contributed by atoms with van der Waals surface area (Å²) in [6.45, 7) is 1.41. The van der Waals surface area contributed by atoms with Gasteiger partial charge in [-0.2, -0.15) is 0 Å². The Morgan fingerprint density at radius 3 is 3.00 bits per heavy atom. The molecule has 1 saturated carbocycles. The van der Waals surface area contributed by atoms with Crippen molar-refractivity contribution in [2.45, 2.75) is 43.7 Å². The van der Waals surface area contributed by atoms with Crippen molar-refractivity contribution in [1.29, 1.82) is 0 Å². The Kier molecular flexibility index (Phi) is 4.52. The summed E-state index contributed by atoms with van der Waals surface area (Å²) in [7, 11) is 1.80. The van der Waals surface area contributed by atoms with Crippen LogP contribution in [0.2, 0.25) is 0 Å². The molecule has 120 valence electrons. The minimum atomic E-state index is 0.0507. The predicted octanol–water partition coefficient (Wildman–Crippen LogP) is 2.37. The Morgan fingerprint density at radius 2 is 2.27 bits per heavy atom. The molecule has 3 rings (SSSR count). The van der Waals surface area contributed by atoms with E-state index in [0.717, 1.165) is 37.0 Å². The summed E-state index contributed by atoms with van der Waals surface area (Å²) in [4.78, 5) is 4.47. The quantitative estimate of drug-likeness (QED) is 0.647. The van der Waals surface area contributed by atoms with E-state index in [9.17, 15) is 0 Å². The van der Waals surface area contributed by atoms with Crippen LogP contribution in [0.15, 0.2) is 29.3 Å². The largest absolute Gasteiger partial charge is 0.493 e. The molecule has 1 heterocycles. The number of para-hydroxylation sites is 1. The van der Waals surface area contributed by atoms with Gasteiger partial charge in [-0.05, 0) is 31.7 Å². The number of guanidine groups is 1. The average Bonchev–Trinajstić information content (AvgIpc) is 2.50. The van der Waals surface area contributed by atoms with Crippen molar-refractivity contribution in [3.8, 4) is 5.75 Å². The minimum Gasteiger partial charge on any atom is -0.493 e. The summed E-state index contributed by atoms with van der Waals surface area (Å²) >= 11 is 0. The molecule has 0 spiro atoms. The Labute approximate surface area is 131 Å². The zero-order valence-corrected chi connectivity index (χ0v) is 13.2. The molecule has 1 fully saturated rings. The highest BCUT2D eigenvalue weighted by molar-refractivity contribution is 5.78. The van der Waals surface area contributed by atoms with Crippen LogP contribution < -0.4 is 15.8 Å². The fraction of sp³-hybridized carbons (Fsp3) is 0.588. The van der Waals surface area contributed by atoms with E-state index in [2.05, 4.69) is 16.4 Å². The molecule has 1 aromatic rings. The van der Waals surface area contributed by atoms with Crippen molar-refractivity contribution in [2.75, 3.05) is 20.3 Å². The van der Waals surface area contributed by atoms with Gasteiger partial charge in [0.2, 0.25) is 0 Å². The van der Waals surface area contributed by atoms with Crippen molar-refractivity contribution in [3.63, 3.8) is 0 Å². The lowest BCUT2D eigenvalue weighted by atomic mass is 9.77. The maximum atomic E-state index is 6.05. The number of aliphatic imine (C=N–C) groups is 1. The fourth-order valence-electron chi connectivity index (χ4n) is 3.22. The first-order chi connectivity index (χ1) is 10.7. The Morgan fingerprint density at radius 1 is 1.45 bits per heavy atom. The highest BCUT2D eigenvalue weighted by atomic mass is 16.5. The van der Waals surface area contributed by atoms with Gasteiger partial charge in [0.1, 0.15) is 5.75 Å². The first-order valence-corrected chi connectivity index (χ1v) is 8.06. The Bertz CT molecular complexity index is 535. The highest BCUT2D eigenvalue weighted by Gasteiger charge is 2.36. The van der Waals surface area contributed by atoms with Crippen molar-refractivity contribution >= 4 is 5.96 Å². The summed E-state index contributed by atoms with van der Waals surface area (Å²) in [6, 6.07) is 8.26. The van der Waals surface area contributed by atoms with Crippen LogP contribution in [0.1, 0.15) is 43.7 Å². The third-order valence-electron chi connectivity index (χ3n) is 4.83. The van der Waals surface area contributed by atoms with Gasteiger partial charge in [-0.15, -0.1) is 0 Å². The van der Waals surface area contributed by atoms with Crippen LogP contribution in [0.5, 0.6) is 5.75 Å². The second kappa shape index (κ2) is 6.57. The van der Waals surface area contributed by atoms with Crippen molar-refractivity contribution in [3.05, 3.63) is 29.8 Å². The summed E-state index contributed by atoms with van der Waals surface area (Å²) in [6.07, 6.45) is 5.37. The van der Waals surface area contributed by atoms with Crippen LogP contribution in [-0.4, -0.2) is 31.8 Å². The zero-order valence-electron chi connectivity index (χ0n) is 13.2. The standard InChI is InChI=1S/C17H25N3O2/c1-21-17(8-4-9-17)10-11-19-16(18)20-14-7-12-22-15-6-3-2-5-13(14)15/h2-3,5-6,14H,4,7-12H2,1H3,(H3,18,19,20). The number of nitrogens with one attached hydrogen (secondary N) is 1. The van der Waals surface area contributed by atoms with E-state index < -0.39 is 0 Å². The molecule has 22 heavy (non-hydrogen) atoms. The van der Waals surface area contributed by atoms with E-state index in [0.29, 0.717) is 19.1 Å². The van der Waals surface area contributed by atoms with Crippen molar-refractivity contribution in [2.24, 2.45) is 10.7 Å². The number of nitrogens with zero attached hydrogens (tertiary/aromatic N) is 1. The van der Waals surface area contributed by atoms with Gasteiger partial charge in [0.05, 0.1) is 18.2 Å². The minimum absolute atomic E-state index is 0.0507. The summed E-state index contributed by atoms with van der Waals surface area (Å²) in [5, 5.41) is 3.32. The number of nitrogens with two attached hydrogens (primary N) is 1. The van der Waals surface area contributed by atoms with Gasteiger partial charge in [0.15, 0.2) is 5.96 Å². The van der Waals surface area contributed by atoms with Crippen molar-refractivity contribution in [1.82, 2.24) is 5.32 Å². The van der Waals surface area contributed by atoms with Crippen molar-refractivity contribution < 1.29 is 9.47 Å². The summed E-state index contributed by atoms with van der Waals surface area (Å²) in [5.74, 6) is 1.44. The lowest BCUT2D eigenvalue weighted by molar-refractivity contribution is -0.0754. The van der Waals surface area contributed by atoms with E-state index in [4.69, 9.17) is 15.2 Å². The van der Waals surface area contributed by atoms with Gasteiger partial charge in [0.25, 0.3) is 0 Å². The normalized spacial score (nSPS) is 23.1. The Hall–Kier alpha value is -1.75. The monoisotopic (exact) mass is 303 g/mol. The molecule has 1 aliphatic carbocycles. The average molecular weight is 303 g/mol. The predicted molar refractivity (Wildman–Crippen MR) is 87.1 cm³/mol. The van der Waals surface area contributed by atoms with Crippen LogP contribution in [0.4, 0.5) is 0 Å². The molecule has 0 bridgehead atoms. The van der Waals surface area contributed by atoms with Crippen LogP contribution in [0.25, 0.3) is 0 Å². The van der Waals surface area contributed by atoms with Crippen LogP contribution >= 0.6 is 0 Å². The molecular weight excluding hydrogens is 278 g/mol. The first kappa shape index (κ1) is 15.2. The molecule has 3 N–H and O–H groups in total. The fourth-order valence-corrected chi connectivity index (χ4v) is 3.22. The molecule has 1 aromatic carbocycles. The summed E-state index contributed by atoms with van der Waals surface area (Å²) in [5.41, 5.74) is 7.25. The topological polar surface area (TPSA) is 68.9 Å². The summed E-state index contributed by atoms with van der Waals surface area (Å²) < 4.78 is 11.3. The lowest BCUT2D eigenvalue weighted by Gasteiger charge is -2.40. The molecule has 1 unspecified atom stereocenters. The van der Waals surface area contributed by atoms with E-state index in [1.807, 2.05) is 18.2 Å². The Balaban J connectivity index is 1.55.